The van der Waals surface area contributed by atoms with Crippen molar-refractivity contribution in [2.24, 2.45) is 0 Å². The fraction of sp³-hybridized carbons (Fsp3) is 0.183. The first-order chi connectivity index (χ1) is 65.0. The largest absolute Gasteiger partial charge is 2.00 e. The number of nitrogens with zero attached hydrogens (tertiary/aromatic N) is 8. The number of anilines is 4. The second kappa shape index (κ2) is 58.9. The number of rotatable bonds is 14. The van der Waals surface area contributed by atoms with Crippen molar-refractivity contribution in [1.29, 1.82) is 0 Å². The molecule has 0 spiro atoms. The van der Waals surface area contributed by atoms with Gasteiger partial charge in [-0.05, 0) is 159 Å². The Bertz CT molecular complexity index is 6760. The fourth-order valence-electron chi connectivity index (χ4n) is 15.0. The number of aryl methyl sites for hydroxylation is 4. The summed E-state index contributed by atoms with van der Waals surface area (Å²) < 4.78 is 1.44. The molecule has 736 valence electrons. The van der Waals surface area contributed by atoms with E-state index in [1.165, 1.54) is 136 Å². The van der Waals surface area contributed by atoms with Crippen molar-refractivity contribution < 1.29 is 131 Å². The van der Waals surface area contributed by atoms with Gasteiger partial charge in [-0.25, -0.2) is 0 Å². The van der Waals surface area contributed by atoms with Gasteiger partial charge >= 0.3 is 121 Å². The van der Waals surface area contributed by atoms with E-state index in [9.17, 15) is 14.4 Å². The van der Waals surface area contributed by atoms with E-state index in [2.05, 4.69) is 328 Å². The van der Waals surface area contributed by atoms with E-state index in [-0.39, 0.29) is 136 Å². The van der Waals surface area contributed by atoms with Crippen LogP contribution >= 0.6 is 0 Å². The molecule has 0 atom stereocenters. The second-order valence-corrected chi connectivity index (χ2v) is 51.4. The summed E-state index contributed by atoms with van der Waals surface area (Å²) >= 11 is -1.72. The molecule has 1 aliphatic heterocycles. The first-order valence-corrected chi connectivity index (χ1v) is 56.3. The SMILES string of the molecule is CC(=O)C=C(C)O.CC(=O)C=C(C)O.CC(=O)C=C(C)O.C[Si](C)(C)c1cc(-c2[c-]cccc2)ncc1-c1ccccc1.Cc1[c-]c(-c2nccc3c(C(C)C)cc(C(C)C)cc23)cc(C)c1.Cc1cccnc1-c1[c-]cccc1.Cc1cnc2c3[c-]cccc3c3ccccc3c2n1.[CH3][Ge]([CH3])([CH3])[c]1ccc(-c2[c-]cccc2)nc1.[Ir].[Ir].[Ir].[Ir].[Pt+2].[c-]1ccccc1N1[CH-]N(c2ccccc2)c2ccccc21. The van der Waals surface area contributed by atoms with Crippen LogP contribution < -0.4 is 19.4 Å². The maximum atomic E-state index is 10.0. The number of aliphatic hydroxyl groups excluding tert-OH is 3. The van der Waals surface area contributed by atoms with Crippen LogP contribution in [0.5, 0.6) is 0 Å². The van der Waals surface area contributed by atoms with E-state index in [4.69, 9.17) is 25.3 Å². The van der Waals surface area contributed by atoms with Gasteiger partial charge in [-0.2, -0.15) is 30.3 Å². The Labute approximate surface area is 906 Å². The Hall–Kier alpha value is -11.4. The standard InChI is InChI=1S/C23H26N.C20H20NSi.C19H14N2.C17H11N2.C14H16GeN.C12H10N.3C5H8O2.4Ir.Pt/c1-14(2)18-12-21(15(3)4)20-7-8-24-23(22(20)13-18)19-10-16(5)9-17(6)11-19;1-22(2,3)20-14-19(17-12-8-5-9-13-17)21-15-18(20)16-10-6-4-7-11-16;1-3-9-16(10-4-1)20-15-21(17-11-5-2-6-12-17)19-14-8-7-13-18(19)20;1-11-10-18-16-14-8-4-2-6-12(14)13-7-3-5-9-15(13)17(16)19-11;1-15(2,3)13-9-10-14(16-11-13)12-7-5-4-6-8-12;1-10-6-5-9-13-12(10)11-7-3-2-4-8-11;3*1-4(6)3-5(2)7;;;;;/h7-10,12-15H,1-6H3;4-12,14-15H,1-3H3;1-11,13-15H;2-7,9-10H,1H3;4-7,9-11H,1-3H3;2-7,9H,1H3;3*3,6H,1-2H3;;;;;/q2*-1;-2;3*-1;;;;;;;;+2. The molecule has 6 heterocycles. The summed E-state index contributed by atoms with van der Waals surface area (Å²) in [4.78, 5) is 61.9. The number of carbonyl (C=O) groups is 3. The molecule has 1 aliphatic rings. The van der Waals surface area contributed by atoms with Crippen LogP contribution in [-0.4, -0.2) is 83.9 Å². The van der Waals surface area contributed by atoms with E-state index < -0.39 is 21.3 Å². The monoisotopic (exact) mass is 2840 g/mol. The van der Waals surface area contributed by atoms with Gasteiger partial charge in [0.05, 0.1) is 36.6 Å². The minimum atomic E-state index is -1.72. The molecule has 12 aromatic carbocycles. The Kier molecular flexibility index (Phi) is 50.2. The van der Waals surface area contributed by atoms with Crippen LogP contribution in [0.3, 0.4) is 0 Å². The predicted molar refractivity (Wildman–Crippen MR) is 571 cm³/mol. The summed E-state index contributed by atoms with van der Waals surface area (Å²) in [6, 6.07) is 117. The quantitative estimate of drug-likeness (QED) is 0.0306. The molecule has 0 fully saturated rings. The van der Waals surface area contributed by atoms with Gasteiger partial charge in [0.2, 0.25) is 0 Å². The Morgan fingerprint density at radius 2 is 0.936 bits per heavy atom. The molecule has 0 aliphatic carbocycles. The topological polar surface area (TPSA) is 196 Å². The number of allylic oxidation sites excluding steroid dienone is 6. The molecule has 0 unspecified atom stereocenters. The van der Waals surface area contributed by atoms with Crippen LogP contribution in [0.15, 0.2) is 352 Å². The molecule has 141 heavy (non-hydrogen) atoms. The minimum Gasteiger partial charge on any atom is -0.493 e. The van der Waals surface area contributed by atoms with Crippen molar-refractivity contribution in [2.75, 3.05) is 9.80 Å². The molecule has 5 aromatic heterocycles. The third kappa shape index (κ3) is 36.2. The van der Waals surface area contributed by atoms with Gasteiger partial charge in [0.25, 0.3) is 0 Å². The number of pyridine rings is 4. The normalized spacial score (nSPS) is 11.2. The van der Waals surface area contributed by atoms with E-state index in [0.717, 1.165) is 89.5 Å². The predicted octanol–water partition coefficient (Wildman–Crippen LogP) is 29.3. The van der Waals surface area contributed by atoms with Crippen LogP contribution in [0.1, 0.15) is 115 Å². The Morgan fingerprint density at radius 3 is 1.44 bits per heavy atom. The zero-order valence-corrected chi connectivity index (χ0v) is 98.2. The van der Waals surface area contributed by atoms with Crippen molar-refractivity contribution in [3.8, 4) is 56.2 Å². The summed E-state index contributed by atoms with van der Waals surface area (Å²) in [6.45, 7) is 35.1. The van der Waals surface area contributed by atoms with E-state index in [1.54, 1.807) is 0 Å². The number of ketones is 3. The van der Waals surface area contributed by atoms with Crippen LogP contribution in [-0.2, 0) is 116 Å². The van der Waals surface area contributed by atoms with Crippen molar-refractivity contribution >= 4 is 114 Å². The van der Waals surface area contributed by atoms with Gasteiger partial charge < -0.3 is 45.1 Å². The zero-order valence-electron chi connectivity index (χ0n) is 83.3. The molecule has 0 saturated heterocycles. The molecule has 0 saturated carbocycles. The average Bonchev–Trinajstić information content (AvgIpc) is 1.66. The Balaban J connectivity index is 0.000000286. The Morgan fingerprint density at radius 1 is 0.426 bits per heavy atom. The summed E-state index contributed by atoms with van der Waals surface area (Å²) in [6.07, 6.45) is 13.1. The molecule has 18 rings (SSSR count). The van der Waals surface area contributed by atoms with Crippen LogP contribution in [0.2, 0.25) is 36.9 Å². The number of aromatic nitrogens is 6. The van der Waals surface area contributed by atoms with Crippen molar-refractivity contribution in [2.45, 2.75) is 146 Å². The number of carbonyl (C=O) groups excluding carboxylic acids is 3. The number of hydrogen-bond acceptors (Lipinski definition) is 14. The van der Waals surface area contributed by atoms with Gasteiger partial charge in [0.15, 0.2) is 17.3 Å². The maximum Gasteiger partial charge on any atom is 2.00 e. The van der Waals surface area contributed by atoms with Gasteiger partial charge in [-0.1, -0.05) is 192 Å². The van der Waals surface area contributed by atoms with E-state index in [1.807, 2.05) is 153 Å². The number of hydrogen-bond donors (Lipinski definition) is 3. The van der Waals surface area contributed by atoms with E-state index >= 15 is 0 Å². The van der Waals surface area contributed by atoms with Gasteiger partial charge in [0, 0.05) is 146 Å². The molecule has 17 aromatic rings. The third-order valence-corrected chi connectivity index (χ3v) is 27.6. The number of benzene rings is 12. The molecule has 3 N–H and O–H groups in total. The molecule has 0 amide bonds. The average molecular weight is 2840 g/mol. The smallest absolute Gasteiger partial charge is 0.493 e. The van der Waals surface area contributed by atoms with Crippen LogP contribution in [0.4, 0.5) is 22.7 Å². The first kappa shape index (κ1) is 120. The van der Waals surface area contributed by atoms with Crippen LogP contribution in [0, 0.1) is 70.8 Å². The van der Waals surface area contributed by atoms with Crippen molar-refractivity contribution in [1.82, 2.24) is 29.9 Å². The summed E-state index contributed by atoms with van der Waals surface area (Å²) in [5, 5.41) is 33.7. The van der Waals surface area contributed by atoms with Crippen LogP contribution in [0.25, 0.3) is 99.5 Å². The van der Waals surface area contributed by atoms with Gasteiger partial charge in [0.1, 0.15) is 0 Å². The molecule has 4 radical (unpaired) electrons. The second-order valence-electron chi connectivity index (χ2n) is 35.7. The maximum absolute atomic E-state index is 10.0. The summed E-state index contributed by atoms with van der Waals surface area (Å²) in [5.41, 5.74) is 24.6. The number of para-hydroxylation sites is 4. The van der Waals surface area contributed by atoms with Gasteiger partial charge in [-0.3, -0.25) is 19.4 Å². The summed E-state index contributed by atoms with van der Waals surface area (Å²) in [5.74, 6) is 7.95. The first-order valence-electron chi connectivity index (χ1n) is 45.4. The fourth-order valence-corrected chi connectivity index (χ4v) is 18.8. The molecule has 14 nitrogen and oxygen atoms in total. The molecular formula is C120H121GeIr4N8O6PtSi-5. The minimum absolute atomic E-state index is 0. The molecular weight excluding hydrogens is 2710 g/mol. The molecule has 0 bridgehead atoms. The van der Waals surface area contributed by atoms with E-state index in [0.29, 0.717) is 11.8 Å². The van der Waals surface area contributed by atoms with Crippen molar-refractivity contribution in [3.05, 3.63) is 428 Å². The summed E-state index contributed by atoms with van der Waals surface area (Å²) in [7, 11) is -1.48. The van der Waals surface area contributed by atoms with Crippen molar-refractivity contribution in [3.63, 3.8) is 0 Å². The number of aliphatic hydroxyl groups is 3. The zero-order chi connectivity index (χ0) is 98.2. The number of fused-ring (bicyclic) bond motifs is 8. The third-order valence-electron chi connectivity index (χ3n) is 21.3. The van der Waals surface area contributed by atoms with Gasteiger partial charge in [-0.15, -0.1) is 149 Å². The molecule has 21 heteroatoms.